The highest BCUT2D eigenvalue weighted by atomic mass is 35.5. The molecule has 0 aromatic heterocycles. The molecule has 0 spiro atoms. The zero-order valence-electron chi connectivity index (χ0n) is 11.3. The lowest BCUT2D eigenvalue weighted by molar-refractivity contribution is 0.152. The third-order valence-corrected chi connectivity index (χ3v) is 3.66. The minimum Gasteiger partial charge on any atom is -0.393 e. The Morgan fingerprint density at radius 1 is 0.773 bits per heavy atom. The van der Waals surface area contributed by atoms with Crippen LogP contribution in [-0.2, 0) is 0 Å². The molecule has 0 unspecified atom stereocenters. The molecule has 0 aliphatic rings. The van der Waals surface area contributed by atoms with Gasteiger partial charge >= 0.3 is 6.16 Å². The van der Waals surface area contributed by atoms with Crippen LogP contribution in [0.5, 0.6) is 11.5 Å². The highest BCUT2D eigenvalue weighted by molar-refractivity contribution is 6.33. The van der Waals surface area contributed by atoms with E-state index in [0.717, 1.165) is 10.8 Å². The topological polar surface area (TPSA) is 35.5 Å². The van der Waals surface area contributed by atoms with Gasteiger partial charge < -0.3 is 9.47 Å². The second kappa shape index (κ2) is 6.26. The third-order valence-electron chi connectivity index (χ3n) is 3.05. The normalized spacial score (nSPS) is 10.5. The first-order chi connectivity index (χ1) is 10.6. The fourth-order valence-electron chi connectivity index (χ4n) is 2.04. The maximum atomic E-state index is 12.0. The van der Waals surface area contributed by atoms with E-state index in [2.05, 4.69) is 0 Å². The van der Waals surface area contributed by atoms with Crippen molar-refractivity contribution in [3.05, 3.63) is 70.7 Å². The van der Waals surface area contributed by atoms with Crippen LogP contribution in [0.2, 0.25) is 10.0 Å². The van der Waals surface area contributed by atoms with Crippen molar-refractivity contribution in [3.63, 3.8) is 0 Å². The smallest absolute Gasteiger partial charge is 0.393 e. The van der Waals surface area contributed by atoms with Crippen molar-refractivity contribution in [1.82, 2.24) is 0 Å². The fourth-order valence-corrected chi connectivity index (χ4v) is 2.42. The van der Waals surface area contributed by atoms with Crippen molar-refractivity contribution < 1.29 is 14.3 Å². The average Bonchev–Trinajstić information content (AvgIpc) is 2.52. The van der Waals surface area contributed by atoms with E-state index in [4.69, 9.17) is 32.7 Å². The molecule has 0 N–H and O–H groups in total. The standard InChI is InChI=1S/C17H10Cl2O3/c18-13-7-3-4-8-15(13)21-17(20)22-16-12-6-2-1-5-11(12)9-10-14(16)19/h1-10H. The molecule has 22 heavy (non-hydrogen) atoms. The largest absolute Gasteiger partial charge is 0.519 e. The van der Waals surface area contributed by atoms with E-state index in [1.807, 2.05) is 30.3 Å². The summed E-state index contributed by atoms with van der Waals surface area (Å²) in [5.41, 5.74) is 0. The number of fused-ring (bicyclic) bond motifs is 1. The van der Waals surface area contributed by atoms with Gasteiger partial charge in [-0.25, -0.2) is 4.79 Å². The number of carbonyl (C=O) groups excluding carboxylic acids is 1. The summed E-state index contributed by atoms with van der Waals surface area (Å²) in [6, 6.07) is 17.6. The maximum absolute atomic E-state index is 12.0. The minimum atomic E-state index is -0.897. The van der Waals surface area contributed by atoms with Crippen LogP contribution in [0.4, 0.5) is 4.79 Å². The minimum absolute atomic E-state index is 0.227. The van der Waals surface area contributed by atoms with Gasteiger partial charge in [0.25, 0.3) is 0 Å². The number of rotatable bonds is 2. The number of hydrogen-bond donors (Lipinski definition) is 0. The molecule has 0 atom stereocenters. The van der Waals surface area contributed by atoms with E-state index in [-0.39, 0.29) is 11.5 Å². The number of ether oxygens (including phenoxy) is 2. The Labute approximate surface area is 137 Å². The van der Waals surface area contributed by atoms with E-state index in [1.165, 1.54) is 0 Å². The highest BCUT2D eigenvalue weighted by Gasteiger charge is 2.15. The van der Waals surface area contributed by atoms with Crippen molar-refractivity contribution in [3.8, 4) is 11.5 Å². The Bertz CT molecular complexity index is 846. The lowest BCUT2D eigenvalue weighted by Gasteiger charge is -2.10. The predicted octanol–water partition coefficient (Wildman–Crippen LogP) is 5.72. The molecule has 3 aromatic rings. The van der Waals surface area contributed by atoms with Crippen LogP contribution in [0.3, 0.4) is 0 Å². The quantitative estimate of drug-likeness (QED) is 0.444. The van der Waals surface area contributed by atoms with E-state index in [1.54, 1.807) is 30.3 Å². The van der Waals surface area contributed by atoms with E-state index >= 15 is 0 Å². The Morgan fingerprint density at radius 2 is 1.50 bits per heavy atom. The average molecular weight is 333 g/mol. The SMILES string of the molecule is O=C(Oc1ccccc1Cl)Oc1c(Cl)ccc2ccccc12. The zero-order chi connectivity index (χ0) is 15.5. The van der Waals surface area contributed by atoms with E-state index < -0.39 is 6.16 Å². The van der Waals surface area contributed by atoms with Gasteiger partial charge in [0.2, 0.25) is 0 Å². The maximum Gasteiger partial charge on any atom is 0.519 e. The van der Waals surface area contributed by atoms with Gasteiger partial charge in [0, 0.05) is 5.39 Å². The summed E-state index contributed by atoms with van der Waals surface area (Å²) in [7, 11) is 0. The Kier molecular flexibility index (Phi) is 4.18. The summed E-state index contributed by atoms with van der Waals surface area (Å²) in [6.45, 7) is 0. The summed E-state index contributed by atoms with van der Waals surface area (Å²) in [5.74, 6) is 0.488. The van der Waals surface area contributed by atoms with Gasteiger partial charge in [-0.2, -0.15) is 0 Å². The van der Waals surface area contributed by atoms with Gasteiger partial charge in [0.15, 0.2) is 11.5 Å². The molecular formula is C17H10Cl2O3. The second-order valence-corrected chi connectivity index (χ2v) is 5.30. The van der Waals surface area contributed by atoms with Crippen LogP contribution in [0.25, 0.3) is 10.8 Å². The van der Waals surface area contributed by atoms with Crippen LogP contribution in [0.1, 0.15) is 0 Å². The zero-order valence-corrected chi connectivity index (χ0v) is 12.8. The first-order valence-electron chi connectivity index (χ1n) is 6.46. The molecule has 0 fully saturated rings. The number of para-hydroxylation sites is 1. The van der Waals surface area contributed by atoms with Crippen molar-refractivity contribution >= 4 is 40.1 Å². The molecule has 3 rings (SSSR count). The molecule has 5 heteroatoms. The van der Waals surface area contributed by atoms with Gasteiger partial charge in [-0.15, -0.1) is 0 Å². The molecule has 0 heterocycles. The van der Waals surface area contributed by atoms with E-state index in [0.29, 0.717) is 10.0 Å². The molecular weight excluding hydrogens is 323 g/mol. The number of carbonyl (C=O) groups is 1. The molecule has 0 radical (unpaired) electrons. The number of hydrogen-bond acceptors (Lipinski definition) is 3. The Hall–Kier alpha value is -2.23. The summed E-state index contributed by atoms with van der Waals surface area (Å²) >= 11 is 12.1. The monoisotopic (exact) mass is 332 g/mol. The molecule has 0 saturated carbocycles. The molecule has 0 aliphatic heterocycles. The van der Waals surface area contributed by atoms with Gasteiger partial charge in [-0.1, -0.05) is 65.7 Å². The molecule has 0 bridgehead atoms. The summed E-state index contributed by atoms with van der Waals surface area (Å²) in [6.07, 6.45) is -0.897. The van der Waals surface area contributed by atoms with E-state index in [9.17, 15) is 4.79 Å². The fraction of sp³-hybridized carbons (Fsp3) is 0. The molecule has 3 aromatic carbocycles. The van der Waals surface area contributed by atoms with Crippen LogP contribution in [0, 0.1) is 0 Å². The summed E-state index contributed by atoms with van der Waals surface area (Å²) in [4.78, 5) is 12.0. The third kappa shape index (κ3) is 3.01. The van der Waals surface area contributed by atoms with Crippen LogP contribution in [-0.4, -0.2) is 6.16 Å². The van der Waals surface area contributed by atoms with Crippen molar-refractivity contribution in [2.45, 2.75) is 0 Å². The van der Waals surface area contributed by atoms with Crippen molar-refractivity contribution in [2.24, 2.45) is 0 Å². The first-order valence-corrected chi connectivity index (χ1v) is 7.22. The second-order valence-electron chi connectivity index (χ2n) is 4.48. The van der Waals surface area contributed by atoms with Crippen LogP contribution in [0.15, 0.2) is 60.7 Å². The van der Waals surface area contributed by atoms with Gasteiger partial charge in [0.05, 0.1) is 10.0 Å². The van der Waals surface area contributed by atoms with Crippen molar-refractivity contribution in [2.75, 3.05) is 0 Å². The van der Waals surface area contributed by atoms with Crippen LogP contribution >= 0.6 is 23.2 Å². The lowest BCUT2D eigenvalue weighted by Crippen LogP contribution is -2.14. The molecule has 3 nitrogen and oxygen atoms in total. The number of benzene rings is 3. The van der Waals surface area contributed by atoms with Crippen molar-refractivity contribution in [1.29, 1.82) is 0 Å². The molecule has 0 amide bonds. The Morgan fingerprint density at radius 3 is 2.32 bits per heavy atom. The molecule has 0 aliphatic carbocycles. The molecule has 0 saturated heterocycles. The lowest BCUT2D eigenvalue weighted by atomic mass is 10.1. The first kappa shape index (κ1) is 14.7. The Balaban J connectivity index is 1.88. The summed E-state index contributed by atoms with van der Waals surface area (Å²) < 4.78 is 10.4. The van der Waals surface area contributed by atoms with Crippen LogP contribution < -0.4 is 9.47 Å². The highest BCUT2D eigenvalue weighted by Crippen LogP contribution is 2.34. The summed E-state index contributed by atoms with van der Waals surface area (Å²) in [5, 5.41) is 2.29. The predicted molar refractivity (Wildman–Crippen MR) is 87.1 cm³/mol. The van der Waals surface area contributed by atoms with Gasteiger partial charge in [-0.3, -0.25) is 0 Å². The molecule has 110 valence electrons. The van der Waals surface area contributed by atoms with Gasteiger partial charge in [0.1, 0.15) is 0 Å². The van der Waals surface area contributed by atoms with Gasteiger partial charge in [-0.05, 0) is 23.6 Å². The number of halogens is 2.